The molecule has 0 aliphatic heterocycles. The summed E-state index contributed by atoms with van der Waals surface area (Å²) in [7, 11) is 1.83. The van der Waals surface area contributed by atoms with E-state index in [0.717, 1.165) is 28.7 Å². The summed E-state index contributed by atoms with van der Waals surface area (Å²) in [5.41, 5.74) is 4.94. The topological polar surface area (TPSA) is 46.9 Å². The fraction of sp³-hybridized carbons (Fsp3) is 0.333. The minimum Gasteiger partial charge on any atom is -0.321 e. The van der Waals surface area contributed by atoms with Crippen LogP contribution in [0.25, 0.3) is 0 Å². The number of carbonyl (C=O) groups excluding carboxylic acids is 1. The molecule has 1 heterocycles. The van der Waals surface area contributed by atoms with E-state index in [1.165, 1.54) is 17.5 Å². The molecule has 3 rings (SSSR count). The zero-order valence-electron chi connectivity index (χ0n) is 11.5. The maximum Gasteiger partial charge on any atom is 0.277 e. The summed E-state index contributed by atoms with van der Waals surface area (Å²) >= 11 is 3.42. The number of carbonyl (C=O) groups is 1. The Morgan fingerprint density at radius 2 is 2.10 bits per heavy atom. The van der Waals surface area contributed by atoms with Gasteiger partial charge in [0.25, 0.3) is 5.91 Å². The van der Waals surface area contributed by atoms with Gasteiger partial charge in [0.15, 0.2) is 5.69 Å². The smallest absolute Gasteiger partial charge is 0.277 e. The van der Waals surface area contributed by atoms with Gasteiger partial charge in [-0.3, -0.25) is 9.48 Å². The third-order valence-electron chi connectivity index (χ3n) is 3.83. The first-order valence-electron chi connectivity index (χ1n) is 6.68. The van der Waals surface area contributed by atoms with Crippen molar-refractivity contribution in [2.24, 2.45) is 7.05 Å². The van der Waals surface area contributed by atoms with Crippen molar-refractivity contribution in [1.82, 2.24) is 9.78 Å². The number of aromatic nitrogens is 2. The molecule has 0 unspecified atom stereocenters. The Labute approximate surface area is 126 Å². The lowest BCUT2D eigenvalue weighted by Crippen LogP contribution is -2.13. The molecule has 1 N–H and O–H groups in total. The average molecular weight is 334 g/mol. The third-order valence-corrected chi connectivity index (χ3v) is 4.78. The zero-order valence-corrected chi connectivity index (χ0v) is 13.1. The maximum absolute atomic E-state index is 12.3. The SMILES string of the molecule is Cc1c(Br)c(C(=O)Nc2ccc3c(c2)CCC3)nn1C. The normalized spacial score (nSPS) is 13.3. The van der Waals surface area contributed by atoms with E-state index in [-0.39, 0.29) is 5.91 Å². The summed E-state index contributed by atoms with van der Waals surface area (Å²) in [6.45, 7) is 1.92. The summed E-state index contributed by atoms with van der Waals surface area (Å²) < 4.78 is 2.44. The number of halogens is 1. The van der Waals surface area contributed by atoms with Gasteiger partial charge in [-0.2, -0.15) is 5.10 Å². The van der Waals surface area contributed by atoms with Crippen LogP contribution in [0, 0.1) is 6.92 Å². The molecule has 20 heavy (non-hydrogen) atoms. The molecule has 0 spiro atoms. The molecule has 5 heteroatoms. The number of nitrogens with zero attached hydrogens (tertiary/aromatic N) is 2. The number of hydrogen-bond acceptors (Lipinski definition) is 2. The number of aryl methyl sites for hydroxylation is 3. The van der Waals surface area contributed by atoms with Crippen LogP contribution in [0.3, 0.4) is 0 Å². The van der Waals surface area contributed by atoms with Crippen LogP contribution in [-0.4, -0.2) is 15.7 Å². The number of amides is 1. The van der Waals surface area contributed by atoms with Gasteiger partial charge in [0, 0.05) is 12.7 Å². The van der Waals surface area contributed by atoms with Crippen molar-refractivity contribution in [3.63, 3.8) is 0 Å². The second kappa shape index (κ2) is 5.05. The van der Waals surface area contributed by atoms with E-state index in [9.17, 15) is 4.79 Å². The minimum atomic E-state index is -0.182. The lowest BCUT2D eigenvalue weighted by molar-refractivity contribution is 0.102. The number of rotatable bonds is 2. The molecule has 4 nitrogen and oxygen atoms in total. The van der Waals surface area contributed by atoms with Crippen molar-refractivity contribution < 1.29 is 4.79 Å². The minimum absolute atomic E-state index is 0.182. The predicted octanol–water partition coefficient (Wildman–Crippen LogP) is 3.23. The second-order valence-corrected chi connectivity index (χ2v) is 5.96. The molecule has 0 saturated carbocycles. The molecule has 0 atom stereocenters. The van der Waals surface area contributed by atoms with Gasteiger partial charge in [0.1, 0.15) is 0 Å². The Kier molecular flexibility index (Phi) is 3.38. The molecule has 0 radical (unpaired) electrons. The maximum atomic E-state index is 12.3. The lowest BCUT2D eigenvalue weighted by Gasteiger charge is -2.06. The fourth-order valence-electron chi connectivity index (χ4n) is 2.57. The largest absolute Gasteiger partial charge is 0.321 e. The van der Waals surface area contributed by atoms with Crippen LogP contribution in [-0.2, 0) is 19.9 Å². The predicted molar refractivity (Wildman–Crippen MR) is 82.1 cm³/mol. The fourth-order valence-corrected chi connectivity index (χ4v) is 3.08. The molecule has 104 valence electrons. The van der Waals surface area contributed by atoms with Crippen LogP contribution < -0.4 is 5.32 Å². The molecule has 1 aromatic heterocycles. The van der Waals surface area contributed by atoms with E-state index in [2.05, 4.69) is 38.5 Å². The van der Waals surface area contributed by atoms with Crippen molar-refractivity contribution in [3.05, 3.63) is 45.2 Å². The lowest BCUT2D eigenvalue weighted by atomic mass is 10.1. The van der Waals surface area contributed by atoms with Crippen molar-refractivity contribution >= 4 is 27.5 Å². The van der Waals surface area contributed by atoms with Gasteiger partial charge in [0.05, 0.1) is 10.2 Å². The van der Waals surface area contributed by atoms with Crippen LogP contribution in [0.4, 0.5) is 5.69 Å². The summed E-state index contributed by atoms with van der Waals surface area (Å²) in [4.78, 5) is 12.3. The van der Waals surface area contributed by atoms with Crippen LogP contribution in [0.15, 0.2) is 22.7 Å². The quantitative estimate of drug-likeness (QED) is 0.917. The first kappa shape index (κ1) is 13.4. The Hall–Kier alpha value is -1.62. The monoisotopic (exact) mass is 333 g/mol. The number of benzene rings is 1. The molecular formula is C15H16BrN3O. The van der Waals surface area contributed by atoms with Crippen LogP contribution >= 0.6 is 15.9 Å². The van der Waals surface area contributed by atoms with Gasteiger partial charge in [-0.05, 0) is 65.4 Å². The van der Waals surface area contributed by atoms with E-state index in [0.29, 0.717) is 5.69 Å². The van der Waals surface area contributed by atoms with Crippen molar-refractivity contribution in [2.75, 3.05) is 5.32 Å². The van der Waals surface area contributed by atoms with Gasteiger partial charge in [-0.15, -0.1) is 0 Å². The Morgan fingerprint density at radius 3 is 2.80 bits per heavy atom. The number of nitrogens with one attached hydrogen (secondary N) is 1. The van der Waals surface area contributed by atoms with Crippen LogP contribution in [0.5, 0.6) is 0 Å². The first-order valence-corrected chi connectivity index (χ1v) is 7.48. The molecule has 0 saturated heterocycles. The highest BCUT2D eigenvalue weighted by molar-refractivity contribution is 9.10. The molecule has 0 fully saturated rings. The van der Waals surface area contributed by atoms with Gasteiger partial charge in [0.2, 0.25) is 0 Å². The van der Waals surface area contributed by atoms with Crippen molar-refractivity contribution in [1.29, 1.82) is 0 Å². The highest BCUT2D eigenvalue weighted by Crippen LogP contribution is 2.26. The Balaban J connectivity index is 1.84. The van der Waals surface area contributed by atoms with Gasteiger partial charge in [-0.1, -0.05) is 6.07 Å². The molecule has 1 amide bonds. The average Bonchev–Trinajstić information content (AvgIpc) is 2.98. The van der Waals surface area contributed by atoms with Crippen molar-refractivity contribution in [2.45, 2.75) is 26.2 Å². The van der Waals surface area contributed by atoms with Crippen LogP contribution in [0.1, 0.15) is 33.7 Å². The van der Waals surface area contributed by atoms with E-state index in [1.807, 2.05) is 20.0 Å². The molecule has 1 aromatic carbocycles. The Morgan fingerprint density at radius 1 is 1.35 bits per heavy atom. The Bertz CT molecular complexity index is 691. The molecule has 1 aliphatic rings. The second-order valence-electron chi connectivity index (χ2n) is 5.16. The summed E-state index contributed by atoms with van der Waals surface area (Å²) in [6, 6.07) is 6.15. The van der Waals surface area contributed by atoms with Gasteiger partial charge < -0.3 is 5.32 Å². The zero-order chi connectivity index (χ0) is 14.3. The number of anilines is 1. The van der Waals surface area contributed by atoms with E-state index >= 15 is 0 Å². The van der Waals surface area contributed by atoms with Gasteiger partial charge >= 0.3 is 0 Å². The van der Waals surface area contributed by atoms with E-state index in [1.54, 1.807) is 4.68 Å². The molecule has 2 aromatic rings. The molecular weight excluding hydrogens is 318 g/mol. The summed E-state index contributed by atoms with van der Waals surface area (Å²) in [5.74, 6) is -0.182. The highest BCUT2D eigenvalue weighted by atomic mass is 79.9. The van der Waals surface area contributed by atoms with Crippen molar-refractivity contribution in [3.8, 4) is 0 Å². The highest BCUT2D eigenvalue weighted by Gasteiger charge is 2.18. The first-order chi connectivity index (χ1) is 9.56. The standard InChI is InChI=1S/C15H16BrN3O/c1-9-13(16)14(18-19(9)2)15(20)17-12-7-6-10-4-3-5-11(10)8-12/h6-8H,3-5H2,1-2H3,(H,17,20). The third kappa shape index (κ3) is 2.26. The van der Waals surface area contributed by atoms with E-state index < -0.39 is 0 Å². The number of fused-ring (bicyclic) bond motifs is 1. The molecule has 1 aliphatic carbocycles. The summed E-state index contributed by atoms with van der Waals surface area (Å²) in [6.07, 6.45) is 3.46. The van der Waals surface area contributed by atoms with Crippen LogP contribution in [0.2, 0.25) is 0 Å². The van der Waals surface area contributed by atoms with Gasteiger partial charge in [-0.25, -0.2) is 0 Å². The van der Waals surface area contributed by atoms with E-state index in [4.69, 9.17) is 0 Å². The molecule has 0 bridgehead atoms. The number of hydrogen-bond donors (Lipinski definition) is 1. The summed E-state index contributed by atoms with van der Waals surface area (Å²) in [5, 5.41) is 7.16.